The average Bonchev–Trinajstić information content (AvgIpc) is 3.25. The van der Waals surface area contributed by atoms with E-state index >= 15 is 0 Å². The molecule has 3 rings (SSSR count). The molecule has 0 aliphatic carbocycles. The van der Waals surface area contributed by atoms with Crippen LogP contribution in [0.5, 0.6) is 0 Å². The Labute approximate surface area is 141 Å². The summed E-state index contributed by atoms with van der Waals surface area (Å²) in [7, 11) is 0. The van der Waals surface area contributed by atoms with Crippen LogP contribution in [0.15, 0.2) is 24.0 Å². The van der Waals surface area contributed by atoms with Crippen LogP contribution in [0.1, 0.15) is 20.2 Å². The fourth-order valence-electron chi connectivity index (χ4n) is 2.40. The molecule has 0 aromatic carbocycles. The first kappa shape index (κ1) is 16.6. The van der Waals surface area contributed by atoms with Gasteiger partial charge in [0.05, 0.1) is 38.0 Å². The Hall–Kier alpha value is -2.30. The molecule has 2 amide bonds. The second-order valence-electron chi connectivity index (χ2n) is 5.52. The molecular formula is C14H17N5O4S. The van der Waals surface area contributed by atoms with Gasteiger partial charge in [0.2, 0.25) is 0 Å². The van der Waals surface area contributed by atoms with Crippen molar-refractivity contribution in [2.45, 2.75) is 5.60 Å². The van der Waals surface area contributed by atoms with E-state index in [1.165, 1.54) is 34.7 Å². The minimum atomic E-state index is -1.37. The molecule has 9 nitrogen and oxygen atoms in total. The highest BCUT2D eigenvalue weighted by molar-refractivity contribution is 7.11. The summed E-state index contributed by atoms with van der Waals surface area (Å²) in [5, 5.41) is 19.6. The molecule has 1 fully saturated rings. The number of hydrogen-bond donors (Lipinski definition) is 3. The Bertz CT molecular complexity index is 690. The Kier molecular flexibility index (Phi) is 4.88. The Balaban J connectivity index is 1.64. The summed E-state index contributed by atoms with van der Waals surface area (Å²) in [6.07, 6.45) is 2.96. The minimum absolute atomic E-state index is 0.0305. The number of β-amino-alcohol motifs (C(OH)–C–C–N with tert-alkyl or cyclic N) is 1. The molecule has 2 aromatic rings. The fraction of sp³-hybridized carbons (Fsp3) is 0.429. The van der Waals surface area contributed by atoms with Gasteiger partial charge in [-0.25, -0.2) is 0 Å². The van der Waals surface area contributed by atoms with Gasteiger partial charge >= 0.3 is 0 Å². The summed E-state index contributed by atoms with van der Waals surface area (Å²) in [6.45, 7) is 0.738. The van der Waals surface area contributed by atoms with E-state index in [2.05, 4.69) is 20.5 Å². The van der Waals surface area contributed by atoms with E-state index < -0.39 is 5.60 Å². The topological polar surface area (TPSA) is 120 Å². The number of nitrogens with one attached hydrogen (secondary N) is 2. The van der Waals surface area contributed by atoms with Crippen molar-refractivity contribution in [2.24, 2.45) is 0 Å². The van der Waals surface area contributed by atoms with Gasteiger partial charge in [0.1, 0.15) is 16.2 Å². The van der Waals surface area contributed by atoms with Gasteiger partial charge in [0, 0.05) is 12.7 Å². The first-order chi connectivity index (χ1) is 11.6. The van der Waals surface area contributed by atoms with Crippen molar-refractivity contribution in [2.75, 3.05) is 32.8 Å². The minimum Gasteiger partial charge on any atom is -0.384 e. The predicted molar refractivity (Wildman–Crippen MR) is 84.7 cm³/mol. The highest BCUT2D eigenvalue weighted by Gasteiger charge is 2.35. The van der Waals surface area contributed by atoms with Crippen molar-refractivity contribution >= 4 is 23.2 Å². The zero-order valence-corrected chi connectivity index (χ0v) is 13.6. The highest BCUT2D eigenvalue weighted by Crippen LogP contribution is 2.16. The molecule has 0 saturated carbocycles. The van der Waals surface area contributed by atoms with Crippen molar-refractivity contribution in [3.8, 4) is 0 Å². The van der Waals surface area contributed by atoms with Gasteiger partial charge in [-0.2, -0.15) is 5.10 Å². The van der Waals surface area contributed by atoms with Crippen LogP contribution in [-0.2, 0) is 4.74 Å². The van der Waals surface area contributed by atoms with Crippen LogP contribution < -0.4 is 5.32 Å². The van der Waals surface area contributed by atoms with Crippen molar-refractivity contribution in [3.63, 3.8) is 0 Å². The van der Waals surface area contributed by atoms with Crippen molar-refractivity contribution in [3.05, 3.63) is 34.5 Å². The predicted octanol–water partition coefficient (Wildman–Crippen LogP) is -0.500. The summed E-state index contributed by atoms with van der Waals surface area (Å²) in [5.41, 5.74) is 0.510. The third kappa shape index (κ3) is 3.78. The Morgan fingerprint density at radius 1 is 1.54 bits per heavy atom. The van der Waals surface area contributed by atoms with Crippen LogP contribution in [0.3, 0.4) is 0 Å². The third-order valence-corrected chi connectivity index (χ3v) is 4.38. The average molecular weight is 351 g/mol. The largest absolute Gasteiger partial charge is 0.384 e. The molecule has 2 aromatic heterocycles. The third-order valence-electron chi connectivity index (χ3n) is 3.62. The normalized spacial score (nSPS) is 21.3. The number of nitrogens with zero attached hydrogens (tertiary/aromatic N) is 3. The Morgan fingerprint density at radius 3 is 3.12 bits per heavy atom. The number of carbonyl (C=O) groups excluding carboxylic acids is 2. The van der Waals surface area contributed by atoms with E-state index in [1.807, 2.05) is 0 Å². The summed E-state index contributed by atoms with van der Waals surface area (Å²) < 4.78 is 5.40. The molecule has 128 valence electrons. The number of rotatable bonds is 4. The lowest BCUT2D eigenvalue weighted by atomic mass is 10.0. The van der Waals surface area contributed by atoms with Crippen molar-refractivity contribution in [1.82, 2.24) is 25.4 Å². The number of hydrogen-bond acceptors (Lipinski definition) is 7. The molecule has 1 saturated heterocycles. The van der Waals surface area contributed by atoms with Crippen LogP contribution in [-0.4, -0.2) is 75.5 Å². The van der Waals surface area contributed by atoms with E-state index in [0.717, 1.165) is 0 Å². The number of aliphatic hydroxyl groups is 1. The molecular weight excluding hydrogens is 334 g/mol. The van der Waals surface area contributed by atoms with Gasteiger partial charge in [-0.1, -0.05) is 0 Å². The number of thiazole rings is 1. The van der Waals surface area contributed by atoms with Crippen LogP contribution in [0.2, 0.25) is 0 Å². The zero-order chi connectivity index (χ0) is 17.0. The number of carbonyl (C=O) groups is 2. The van der Waals surface area contributed by atoms with Crippen LogP contribution in [0.25, 0.3) is 0 Å². The van der Waals surface area contributed by atoms with E-state index in [0.29, 0.717) is 23.7 Å². The number of aromatic amines is 1. The van der Waals surface area contributed by atoms with E-state index in [-0.39, 0.29) is 31.5 Å². The van der Waals surface area contributed by atoms with Gasteiger partial charge in [-0.15, -0.1) is 11.3 Å². The van der Waals surface area contributed by atoms with E-state index in [1.54, 1.807) is 5.51 Å². The quantitative estimate of drug-likeness (QED) is 0.683. The fourth-order valence-corrected chi connectivity index (χ4v) is 2.98. The van der Waals surface area contributed by atoms with Gasteiger partial charge in [0.25, 0.3) is 11.8 Å². The van der Waals surface area contributed by atoms with Gasteiger partial charge in [-0.05, 0) is 6.07 Å². The molecule has 0 spiro atoms. The molecule has 0 radical (unpaired) electrons. The van der Waals surface area contributed by atoms with Crippen LogP contribution in [0.4, 0.5) is 0 Å². The standard InChI is InChI=1S/C14H17N5O4S/c20-12(10-1-2-17-18-10)16-6-14(22)7-19(3-4-23-8-14)13(21)11-5-15-9-24-11/h1-2,5,9,22H,3-4,6-8H2,(H,16,20)(H,17,18)/t14-/m0/s1. The van der Waals surface area contributed by atoms with Gasteiger partial charge in [-0.3, -0.25) is 19.7 Å². The Morgan fingerprint density at radius 2 is 2.42 bits per heavy atom. The number of H-pyrrole nitrogens is 1. The molecule has 24 heavy (non-hydrogen) atoms. The van der Waals surface area contributed by atoms with Crippen molar-refractivity contribution in [1.29, 1.82) is 0 Å². The maximum Gasteiger partial charge on any atom is 0.269 e. The molecule has 3 heterocycles. The van der Waals surface area contributed by atoms with Gasteiger partial charge in [0.15, 0.2) is 0 Å². The SMILES string of the molecule is O=C(NC[C@@]1(O)COCCN(C(=O)c2cncs2)C1)c1ccn[nH]1. The summed E-state index contributed by atoms with van der Waals surface area (Å²) >= 11 is 1.24. The molecule has 10 heteroatoms. The lowest BCUT2D eigenvalue weighted by Crippen LogP contribution is -2.53. The summed E-state index contributed by atoms with van der Waals surface area (Å²) in [6, 6.07) is 1.53. The second kappa shape index (κ2) is 7.07. The highest BCUT2D eigenvalue weighted by atomic mass is 32.1. The zero-order valence-electron chi connectivity index (χ0n) is 12.8. The number of aromatic nitrogens is 3. The maximum absolute atomic E-state index is 12.5. The second-order valence-corrected chi connectivity index (χ2v) is 6.41. The van der Waals surface area contributed by atoms with Crippen LogP contribution >= 0.6 is 11.3 Å². The molecule has 1 atom stereocenters. The smallest absolute Gasteiger partial charge is 0.269 e. The van der Waals surface area contributed by atoms with Crippen LogP contribution in [0, 0.1) is 0 Å². The summed E-state index contributed by atoms with van der Waals surface area (Å²) in [5.74, 6) is -0.591. The maximum atomic E-state index is 12.5. The van der Waals surface area contributed by atoms with E-state index in [9.17, 15) is 14.7 Å². The van der Waals surface area contributed by atoms with Gasteiger partial charge < -0.3 is 20.1 Å². The first-order valence-corrected chi connectivity index (χ1v) is 8.21. The number of ether oxygens (including phenoxy) is 1. The van der Waals surface area contributed by atoms with Crippen molar-refractivity contribution < 1.29 is 19.4 Å². The lowest BCUT2D eigenvalue weighted by Gasteiger charge is -2.30. The molecule has 0 unspecified atom stereocenters. The molecule has 1 aliphatic heterocycles. The molecule has 0 bridgehead atoms. The molecule has 3 N–H and O–H groups in total. The monoisotopic (exact) mass is 351 g/mol. The lowest BCUT2D eigenvalue weighted by molar-refractivity contribution is -0.0324. The first-order valence-electron chi connectivity index (χ1n) is 7.33. The van der Waals surface area contributed by atoms with E-state index in [4.69, 9.17) is 4.74 Å². The summed E-state index contributed by atoms with van der Waals surface area (Å²) in [4.78, 5) is 30.3. The number of amides is 2. The molecule has 1 aliphatic rings.